The number of carbonyl (C=O) groups excluding carboxylic acids is 1. The highest BCUT2D eigenvalue weighted by molar-refractivity contribution is 6.06. The average Bonchev–Trinajstić information content (AvgIpc) is 2.47. The first-order chi connectivity index (χ1) is 9.26. The highest BCUT2D eigenvalue weighted by Gasteiger charge is 2.38. The van der Waals surface area contributed by atoms with Crippen molar-refractivity contribution in [3.05, 3.63) is 23.8 Å². The number of amides is 1. The topological polar surface area (TPSA) is 59.4 Å². The number of piperazine rings is 1. The third-order valence-corrected chi connectivity index (χ3v) is 3.82. The van der Waals surface area contributed by atoms with Crippen molar-refractivity contribution >= 4 is 17.3 Å². The Morgan fingerprint density at radius 3 is 3.05 bits per heavy atom. The van der Waals surface area contributed by atoms with Gasteiger partial charge in [0, 0.05) is 26.2 Å². The van der Waals surface area contributed by atoms with Gasteiger partial charge in [0.2, 0.25) is 0 Å². The summed E-state index contributed by atoms with van der Waals surface area (Å²) in [5, 5.41) is 12.3. The monoisotopic (exact) mass is 256 g/mol. The molecule has 0 aliphatic carbocycles. The highest BCUT2D eigenvalue weighted by atomic mass is 16.2. The van der Waals surface area contributed by atoms with Crippen LogP contribution in [-0.2, 0) is 4.79 Å². The van der Waals surface area contributed by atoms with Crippen molar-refractivity contribution in [2.75, 3.05) is 36.0 Å². The van der Waals surface area contributed by atoms with E-state index in [1.165, 1.54) is 0 Å². The zero-order valence-electron chi connectivity index (χ0n) is 10.9. The lowest BCUT2D eigenvalue weighted by molar-refractivity contribution is -0.120. The van der Waals surface area contributed by atoms with Crippen LogP contribution in [0.4, 0.5) is 11.4 Å². The first-order valence-electron chi connectivity index (χ1n) is 6.59. The smallest absolute Gasteiger partial charge is 0.251 e. The molecule has 0 radical (unpaired) electrons. The van der Waals surface area contributed by atoms with E-state index in [4.69, 9.17) is 5.26 Å². The lowest BCUT2D eigenvalue weighted by atomic mass is 10.0. The largest absolute Gasteiger partial charge is 0.355 e. The van der Waals surface area contributed by atoms with E-state index in [0.29, 0.717) is 18.7 Å². The van der Waals surface area contributed by atoms with Crippen LogP contribution in [0.25, 0.3) is 0 Å². The van der Waals surface area contributed by atoms with Gasteiger partial charge in [-0.25, -0.2) is 0 Å². The van der Waals surface area contributed by atoms with Crippen LogP contribution in [0.3, 0.4) is 0 Å². The Morgan fingerprint density at radius 2 is 2.32 bits per heavy atom. The molecule has 1 fully saturated rings. The number of likely N-dealkylation sites (N-methyl/N-ethyl adjacent to an activating group) is 1. The molecule has 1 aromatic carbocycles. The predicted molar refractivity (Wildman–Crippen MR) is 73.2 cm³/mol. The molecular weight excluding hydrogens is 240 g/mol. The highest BCUT2D eigenvalue weighted by Crippen LogP contribution is 2.37. The van der Waals surface area contributed by atoms with E-state index in [-0.39, 0.29) is 11.9 Å². The molecule has 1 unspecified atom stereocenters. The number of nitriles is 1. The van der Waals surface area contributed by atoms with Gasteiger partial charge in [-0.2, -0.15) is 5.26 Å². The first kappa shape index (κ1) is 12.0. The molecule has 2 heterocycles. The number of rotatable bonds is 1. The molecule has 2 aliphatic rings. The van der Waals surface area contributed by atoms with E-state index < -0.39 is 0 Å². The van der Waals surface area contributed by atoms with Crippen LogP contribution in [0.1, 0.15) is 12.5 Å². The van der Waals surface area contributed by atoms with E-state index in [9.17, 15) is 4.79 Å². The SMILES string of the molecule is CCN1C(=O)C2CNCCN2c2cc(C#N)ccc21. The summed E-state index contributed by atoms with van der Waals surface area (Å²) < 4.78 is 0. The molecule has 98 valence electrons. The molecule has 0 bridgehead atoms. The zero-order chi connectivity index (χ0) is 13.4. The van der Waals surface area contributed by atoms with Gasteiger partial charge >= 0.3 is 0 Å². The van der Waals surface area contributed by atoms with Gasteiger partial charge in [-0.05, 0) is 25.1 Å². The van der Waals surface area contributed by atoms with Crippen molar-refractivity contribution in [2.24, 2.45) is 0 Å². The Balaban J connectivity index is 2.14. The van der Waals surface area contributed by atoms with Crippen molar-refractivity contribution in [1.82, 2.24) is 5.32 Å². The minimum absolute atomic E-state index is 0.143. The molecule has 2 aliphatic heterocycles. The lowest BCUT2D eigenvalue weighted by Gasteiger charge is -2.45. The number of nitrogens with one attached hydrogen (secondary N) is 1. The standard InChI is InChI=1S/C14H16N4O/c1-2-17-11-4-3-10(8-15)7-12(11)18-6-5-16-9-13(18)14(17)19/h3-4,7,13,16H,2,5-6,9H2,1H3. The fourth-order valence-corrected chi connectivity index (χ4v) is 2.89. The first-order valence-corrected chi connectivity index (χ1v) is 6.59. The molecule has 0 spiro atoms. The second-order valence-electron chi connectivity index (χ2n) is 4.81. The summed E-state index contributed by atoms with van der Waals surface area (Å²) in [6, 6.07) is 7.58. The number of nitrogens with zero attached hydrogens (tertiary/aromatic N) is 3. The zero-order valence-corrected chi connectivity index (χ0v) is 10.9. The second-order valence-corrected chi connectivity index (χ2v) is 4.81. The van der Waals surface area contributed by atoms with Crippen molar-refractivity contribution < 1.29 is 4.79 Å². The molecule has 1 aromatic rings. The third-order valence-electron chi connectivity index (χ3n) is 3.82. The van der Waals surface area contributed by atoms with Crippen molar-refractivity contribution in [3.8, 4) is 6.07 Å². The van der Waals surface area contributed by atoms with Crippen LogP contribution in [0, 0.1) is 11.3 Å². The van der Waals surface area contributed by atoms with E-state index in [1.807, 2.05) is 24.0 Å². The fraction of sp³-hybridized carbons (Fsp3) is 0.429. The molecule has 1 amide bonds. The Bertz CT molecular complexity index is 563. The van der Waals surface area contributed by atoms with E-state index in [2.05, 4.69) is 16.3 Å². The van der Waals surface area contributed by atoms with Gasteiger partial charge in [0.1, 0.15) is 6.04 Å². The Hall–Kier alpha value is -2.06. The van der Waals surface area contributed by atoms with Gasteiger partial charge in [0.25, 0.3) is 5.91 Å². The van der Waals surface area contributed by atoms with Gasteiger partial charge < -0.3 is 15.1 Å². The van der Waals surface area contributed by atoms with Crippen LogP contribution in [0.2, 0.25) is 0 Å². The molecule has 1 atom stereocenters. The molecule has 0 aromatic heterocycles. The summed E-state index contributed by atoms with van der Waals surface area (Å²) in [5.41, 5.74) is 2.57. The average molecular weight is 256 g/mol. The number of carbonyl (C=O) groups is 1. The fourth-order valence-electron chi connectivity index (χ4n) is 2.89. The van der Waals surface area contributed by atoms with Gasteiger partial charge in [0.15, 0.2) is 0 Å². The van der Waals surface area contributed by atoms with Gasteiger partial charge in [-0.3, -0.25) is 4.79 Å². The summed E-state index contributed by atoms with van der Waals surface area (Å²) >= 11 is 0. The van der Waals surface area contributed by atoms with Gasteiger partial charge in [0.05, 0.1) is 23.0 Å². The summed E-state index contributed by atoms with van der Waals surface area (Å²) in [7, 11) is 0. The number of hydrogen-bond donors (Lipinski definition) is 1. The van der Waals surface area contributed by atoms with Crippen molar-refractivity contribution in [3.63, 3.8) is 0 Å². The van der Waals surface area contributed by atoms with Gasteiger partial charge in [-0.15, -0.1) is 0 Å². The molecule has 5 nitrogen and oxygen atoms in total. The quantitative estimate of drug-likeness (QED) is 0.803. The lowest BCUT2D eigenvalue weighted by Crippen LogP contribution is -2.61. The Kier molecular flexibility index (Phi) is 2.88. The molecule has 5 heteroatoms. The minimum atomic E-state index is -0.143. The predicted octanol–water partition coefficient (Wildman–Crippen LogP) is 0.703. The van der Waals surface area contributed by atoms with E-state index in [0.717, 1.165) is 24.5 Å². The third kappa shape index (κ3) is 1.76. The van der Waals surface area contributed by atoms with Gasteiger partial charge in [-0.1, -0.05) is 0 Å². The second kappa shape index (κ2) is 4.56. The summed E-state index contributed by atoms with van der Waals surface area (Å²) in [6.45, 7) is 4.97. The van der Waals surface area contributed by atoms with Crippen LogP contribution < -0.4 is 15.1 Å². The van der Waals surface area contributed by atoms with E-state index in [1.54, 1.807) is 6.07 Å². The maximum Gasteiger partial charge on any atom is 0.251 e. The molecule has 19 heavy (non-hydrogen) atoms. The maximum absolute atomic E-state index is 12.5. The minimum Gasteiger partial charge on any atom is -0.355 e. The summed E-state index contributed by atoms with van der Waals surface area (Å²) in [5.74, 6) is 0.145. The number of hydrogen-bond acceptors (Lipinski definition) is 4. The number of benzene rings is 1. The molecule has 3 rings (SSSR count). The Morgan fingerprint density at radius 1 is 1.47 bits per heavy atom. The maximum atomic E-state index is 12.5. The van der Waals surface area contributed by atoms with Crippen LogP contribution in [-0.4, -0.2) is 38.1 Å². The molecule has 0 saturated carbocycles. The van der Waals surface area contributed by atoms with Crippen molar-refractivity contribution in [2.45, 2.75) is 13.0 Å². The molecule has 1 N–H and O–H groups in total. The summed E-state index contributed by atoms with van der Waals surface area (Å²) in [4.78, 5) is 16.4. The number of anilines is 2. The Labute approximate surface area is 112 Å². The molecular formula is C14H16N4O. The van der Waals surface area contributed by atoms with Crippen molar-refractivity contribution in [1.29, 1.82) is 5.26 Å². The normalized spacial score (nSPS) is 21.7. The number of fused-ring (bicyclic) bond motifs is 3. The summed E-state index contributed by atoms with van der Waals surface area (Å²) in [6.07, 6.45) is 0. The van der Waals surface area contributed by atoms with Crippen LogP contribution in [0.5, 0.6) is 0 Å². The van der Waals surface area contributed by atoms with E-state index >= 15 is 0 Å². The molecule has 1 saturated heterocycles. The van der Waals surface area contributed by atoms with Crippen LogP contribution >= 0.6 is 0 Å². The van der Waals surface area contributed by atoms with Crippen LogP contribution in [0.15, 0.2) is 18.2 Å².